The van der Waals surface area contributed by atoms with Crippen LogP contribution in [0.2, 0.25) is 0 Å². The van der Waals surface area contributed by atoms with E-state index in [0.29, 0.717) is 12.8 Å². The summed E-state index contributed by atoms with van der Waals surface area (Å²) in [6, 6.07) is -1.56. The lowest BCUT2D eigenvalue weighted by atomic mass is 9.98. The molecule has 0 radical (unpaired) electrons. The van der Waals surface area contributed by atoms with E-state index >= 15 is 0 Å². The highest BCUT2D eigenvalue weighted by Crippen LogP contribution is 2.34. The van der Waals surface area contributed by atoms with Gasteiger partial charge in [-0.2, -0.15) is 0 Å². The van der Waals surface area contributed by atoms with Crippen LogP contribution in [0.15, 0.2) is 33.7 Å². The number of allylic oxidation sites excluding steroid dienone is 2. The maximum absolute atomic E-state index is 12.9. The first-order chi connectivity index (χ1) is 25.0. The molecule has 8 bridgehead atoms. The largest absolute Gasteiger partial charge is 0.394 e. The summed E-state index contributed by atoms with van der Waals surface area (Å²) >= 11 is 0. The van der Waals surface area contributed by atoms with Crippen molar-refractivity contribution in [2.45, 2.75) is 104 Å². The van der Waals surface area contributed by atoms with Gasteiger partial charge in [0.15, 0.2) is 0 Å². The first-order valence-corrected chi connectivity index (χ1v) is 18.5. The molecule has 12 nitrogen and oxygen atoms in total. The molecule has 2 unspecified atom stereocenters. The third-order valence-electron chi connectivity index (χ3n) is 10.8. The van der Waals surface area contributed by atoms with Crippen LogP contribution in [-0.2, 0) is 22.4 Å². The Morgan fingerprint density at radius 3 is 1.87 bits per heavy atom. The lowest BCUT2D eigenvalue weighted by molar-refractivity contribution is -0.123. The van der Waals surface area contributed by atoms with Gasteiger partial charge in [-0.15, -0.1) is 0 Å². The SMILES string of the molecule is CCC1=C(C)/C2=C/c3[nH]c(c(CCC(=O)NC(CO)CO)c3C)/C=C3\NC(/C=c4\[nH]/c(c(C)c4CC)=C\C1N2)C(C)=C3CCC(=O)NC(CO)CO. The van der Waals surface area contributed by atoms with Crippen molar-refractivity contribution in [2.75, 3.05) is 26.4 Å². The van der Waals surface area contributed by atoms with Gasteiger partial charge in [0, 0.05) is 46.3 Å². The molecule has 5 rings (SSSR count). The number of carbonyl (C=O) groups is 2. The molecule has 0 saturated carbocycles. The van der Waals surface area contributed by atoms with Crippen LogP contribution >= 0.6 is 0 Å². The molecule has 282 valence electrons. The Kier molecular flexibility index (Phi) is 12.7. The zero-order valence-corrected chi connectivity index (χ0v) is 31.3. The minimum Gasteiger partial charge on any atom is -0.394 e. The molecule has 12 heteroatoms. The fraction of sp³-hybridized carbons (Fsp3) is 0.500. The van der Waals surface area contributed by atoms with Gasteiger partial charge >= 0.3 is 0 Å². The van der Waals surface area contributed by atoms with Gasteiger partial charge in [-0.3, -0.25) is 9.59 Å². The molecular formula is C40H56N6O6. The summed E-state index contributed by atoms with van der Waals surface area (Å²) in [5.74, 6) is -0.523. The van der Waals surface area contributed by atoms with Crippen LogP contribution in [0.1, 0.15) is 87.0 Å². The average Bonchev–Trinajstić information content (AvgIpc) is 3.80. The predicted octanol–water partition coefficient (Wildman–Crippen LogP) is 1.12. The number of H-pyrrole nitrogens is 2. The maximum Gasteiger partial charge on any atom is 0.220 e. The molecule has 0 aliphatic carbocycles. The first-order valence-electron chi connectivity index (χ1n) is 18.5. The Balaban J connectivity index is 1.66. The molecule has 5 heterocycles. The number of hydrogen-bond acceptors (Lipinski definition) is 8. The Hall–Kier alpha value is -4.36. The Morgan fingerprint density at radius 2 is 1.27 bits per heavy atom. The second kappa shape index (κ2) is 17.0. The number of fused-ring (bicyclic) bond motifs is 8. The van der Waals surface area contributed by atoms with Crippen molar-refractivity contribution in [3.05, 3.63) is 78.0 Å². The number of rotatable bonds is 14. The van der Waals surface area contributed by atoms with Gasteiger partial charge < -0.3 is 51.7 Å². The number of nitrogens with one attached hydrogen (secondary N) is 6. The van der Waals surface area contributed by atoms with Crippen molar-refractivity contribution >= 4 is 36.1 Å². The van der Waals surface area contributed by atoms with Crippen LogP contribution < -0.4 is 32.0 Å². The molecule has 0 saturated heterocycles. The van der Waals surface area contributed by atoms with E-state index in [1.54, 1.807) is 0 Å². The highest BCUT2D eigenvalue weighted by atomic mass is 16.3. The van der Waals surface area contributed by atoms with Gasteiger partial charge in [0.05, 0.1) is 50.6 Å². The van der Waals surface area contributed by atoms with Crippen LogP contribution in [-0.4, -0.2) is 92.8 Å². The zero-order chi connectivity index (χ0) is 37.7. The summed E-state index contributed by atoms with van der Waals surface area (Å²) in [6.07, 6.45) is 11.7. The Morgan fingerprint density at radius 1 is 0.692 bits per heavy atom. The Labute approximate surface area is 305 Å². The van der Waals surface area contributed by atoms with Gasteiger partial charge in [-0.05, 0) is 122 Å². The second-order valence-electron chi connectivity index (χ2n) is 14.1. The quantitative estimate of drug-likeness (QED) is 0.137. The van der Waals surface area contributed by atoms with E-state index in [-0.39, 0.29) is 63.2 Å². The summed E-state index contributed by atoms with van der Waals surface area (Å²) in [4.78, 5) is 33.2. The smallest absolute Gasteiger partial charge is 0.220 e. The average molecular weight is 717 g/mol. The number of hydrogen-bond donors (Lipinski definition) is 10. The molecule has 0 fully saturated rings. The third kappa shape index (κ3) is 8.15. The number of amides is 2. The molecule has 0 spiro atoms. The van der Waals surface area contributed by atoms with Crippen molar-refractivity contribution in [3.8, 4) is 0 Å². The van der Waals surface area contributed by atoms with E-state index in [0.717, 1.165) is 68.6 Å². The van der Waals surface area contributed by atoms with E-state index < -0.39 is 12.1 Å². The minimum atomic E-state index is -0.716. The Bertz CT molecular complexity index is 1920. The van der Waals surface area contributed by atoms with Crippen molar-refractivity contribution in [1.82, 2.24) is 31.2 Å². The number of aliphatic hydroxyl groups excluding tert-OH is 4. The normalized spacial score (nSPS) is 21.5. The van der Waals surface area contributed by atoms with Crippen LogP contribution in [0.4, 0.5) is 0 Å². The van der Waals surface area contributed by atoms with E-state index in [1.165, 1.54) is 22.3 Å². The molecule has 3 aliphatic rings. The van der Waals surface area contributed by atoms with Crippen molar-refractivity contribution in [3.63, 3.8) is 0 Å². The number of aliphatic hydroxyl groups is 4. The predicted molar refractivity (Wildman–Crippen MR) is 204 cm³/mol. The van der Waals surface area contributed by atoms with Crippen LogP contribution in [0, 0.1) is 13.8 Å². The number of aromatic amines is 2. The van der Waals surface area contributed by atoms with E-state index in [9.17, 15) is 30.0 Å². The van der Waals surface area contributed by atoms with Crippen molar-refractivity contribution in [1.29, 1.82) is 0 Å². The molecule has 52 heavy (non-hydrogen) atoms. The first kappa shape index (κ1) is 38.9. The zero-order valence-electron chi connectivity index (χ0n) is 31.3. The van der Waals surface area contributed by atoms with E-state index in [1.807, 2.05) is 0 Å². The standard InChI is InChI=1S/C40H56N6O6/c1-7-27-21(3)31-13-32-23(5)29(9-11-39(51)41-25(17-47)18-48)37(45-32)16-38-30(10-12-40(52)42-26(19-49)20-50)24(6)34(46-38)15-36-28(8-2)22(4)33(44-36)14-35(27)43-31/h13-16,25-26,34-35,43-50H,7-12,17-20H2,1-6H3,(H,41,51)(H,42,52)/b31-13-,33-14-,36-15-,38-16-. The monoisotopic (exact) mass is 716 g/mol. The number of carbonyl (C=O) groups excluding carboxylic acids is 2. The van der Waals surface area contributed by atoms with E-state index in [2.05, 4.69) is 97.1 Å². The van der Waals surface area contributed by atoms with Crippen LogP contribution in [0.5, 0.6) is 0 Å². The highest BCUT2D eigenvalue weighted by Gasteiger charge is 2.28. The maximum atomic E-state index is 12.9. The lowest BCUT2D eigenvalue weighted by Crippen LogP contribution is -2.40. The fourth-order valence-corrected chi connectivity index (χ4v) is 7.65. The second-order valence-corrected chi connectivity index (χ2v) is 14.1. The minimum absolute atomic E-state index is 0.0229. The fourth-order valence-electron chi connectivity index (χ4n) is 7.65. The van der Waals surface area contributed by atoms with Gasteiger partial charge in [0.1, 0.15) is 0 Å². The molecule has 3 aliphatic heterocycles. The van der Waals surface area contributed by atoms with Crippen molar-refractivity contribution < 1.29 is 30.0 Å². The molecule has 2 amide bonds. The molecule has 0 aromatic carbocycles. The number of aromatic nitrogens is 2. The molecule has 2 atom stereocenters. The molecule has 2 aromatic rings. The van der Waals surface area contributed by atoms with Gasteiger partial charge in [0.25, 0.3) is 0 Å². The topological polar surface area (TPSA) is 195 Å². The van der Waals surface area contributed by atoms with Gasteiger partial charge in [-0.25, -0.2) is 0 Å². The molecular weight excluding hydrogens is 660 g/mol. The van der Waals surface area contributed by atoms with Crippen LogP contribution in [0.25, 0.3) is 24.3 Å². The van der Waals surface area contributed by atoms with Gasteiger partial charge in [0.2, 0.25) is 11.8 Å². The summed E-state index contributed by atoms with van der Waals surface area (Å²) in [5, 5.41) is 53.1. The van der Waals surface area contributed by atoms with Gasteiger partial charge in [-0.1, -0.05) is 13.8 Å². The van der Waals surface area contributed by atoms with Crippen LogP contribution in [0.3, 0.4) is 0 Å². The summed E-state index contributed by atoms with van der Waals surface area (Å²) in [7, 11) is 0. The molecule has 2 aromatic heterocycles. The summed E-state index contributed by atoms with van der Waals surface area (Å²) < 4.78 is 0. The highest BCUT2D eigenvalue weighted by molar-refractivity contribution is 5.78. The summed E-state index contributed by atoms with van der Waals surface area (Å²) in [6.45, 7) is 11.4. The lowest BCUT2D eigenvalue weighted by Gasteiger charge is -2.14. The van der Waals surface area contributed by atoms with Crippen molar-refractivity contribution in [2.24, 2.45) is 0 Å². The summed E-state index contributed by atoms with van der Waals surface area (Å²) in [5.41, 5.74) is 12.7. The third-order valence-corrected chi connectivity index (χ3v) is 10.8. The molecule has 10 N–H and O–H groups in total. The van der Waals surface area contributed by atoms with E-state index in [4.69, 9.17) is 0 Å².